The molecule has 0 unspecified atom stereocenters. The van der Waals surface area contributed by atoms with Gasteiger partial charge < -0.3 is 19.7 Å². The molecule has 3 aromatic rings. The summed E-state index contributed by atoms with van der Waals surface area (Å²) in [6, 6.07) is 16.5. The number of piperidine rings is 1. The number of likely N-dealkylation sites (tertiary alicyclic amines) is 2. The second-order valence-corrected chi connectivity index (χ2v) is 13.3. The molecule has 0 spiro atoms. The van der Waals surface area contributed by atoms with Crippen LogP contribution in [-0.4, -0.2) is 82.9 Å². The van der Waals surface area contributed by atoms with E-state index in [0.29, 0.717) is 80.6 Å². The quantitative estimate of drug-likeness (QED) is 0.322. The molecule has 0 saturated carbocycles. The molecule has 0 bridgehead atoms. The standard InChI is InChI=1S/C36H44FN5O4/c1-23(2)31-10-11-32(40-39-31)25-6-8-29(9-7-25)46-34-19-26(4-5-27(34)21-42-20-24(3)18-35(42)43)36(44)38-33-12-15-41(22-30(33)37)28-13-16-45-17-14-28/h4-11,19,23-24,28,30,33H,12-18,20-22H2,1-3H3,(H,38,44)/t24-,30-,33+/m0/s1. The van der Waals surface area contributed by atoms with E-state index < -0.39 is 12.2 Å². The molecule has 0 aliphatic carbocycles. The largest absolute Gasteiger partial charge is 0.457 e. The smallest absolute Gasteiger partial charge is 0.251 e. The van der Waals surface area contributed by atoms with E-state index in [1.54, 1.807) is 12.1 Å². The summed E-state index contributed by atoms with van der Waals surface area (Å²) in [6.45, 7) is 9.78. The van der Waals surface area contributed by atoms with Crippen LogP contribution in [0.4, 0.5) is 4.39 Å². The SMILES string of the molecule is CC(C)c1ccc(-c2ccc(Oc3cc(C(=O)N[C@@H]4CCN(C5CCOCC5)C[C@@H]4F)ccc3CN3C[C@@H](C)CC3=O)cc2)nn1. The average molecular weight is 630 g/mol. The number of carbonyl (C=O) groups excluding carboxylic acids is 2. The van der Waals surface area contributed by atoms with E-state index in [-0.39, 0.29) is 11.8 Å². The molecule has 9 nitrogen and oxygen atoms in total. The molecule has 10 heteroatoms. The molecule has 1 N–H and O–H groups in total. The van der Waals surface area contributed by atoms with E-state index in [1.807, 2.05) is 47.4 Å². The number of halogens is 1. The number of hydrogen-bond acceptors (Lipinski definition) is 7. The summed E-state index contributed by atoms with van der Waals surface area (Å²) in [7, 11) is 0. The summed E-state index contributed by atoms with van der Waals surface area (Å²) < 4.78 is 27.1. The maximum absolute atomic E-state index is 15.3. The van der Waals surface area contributed by atoms with Crippen molar-refractivity contribution in [2.45, 2.75) is 77.2 Å². The number of hydrogen-bond donors (Lipinski definition) is 1. The first-order valence-electron chi connectivity index (χ1n) is 16.5. The van der Waals surface area contributed by atoms with Crippen LogP contribution in [0.2, 0.25) is 0 Å². The maximum atomic E-state index is 15.3. The van der Waals surface area contributed by atoms with Crippen LogP contribution in [0.1, 0.15) is 74.0 Å². The van der Waals surface area contributed by atoms with Gasteiger partial charge in [0, 0.05) is 68.5 Å². The van der Waals surface area contributed by atoms with Gasteiger partial charge in [-0.25, -0.2) is 4.39 Å². The van der Waals surface area contributed by atoms with Crippen molar-refractivity contribution in [2.75, 3.05) is 32.8 Å². The molecular formula is C36H44FN5O4. The van der Waals surface area contributed by atoms with Gasteiger partial charge in [0.15, 0.2) is 0 Å². The van der Waals surface area contributed by atoms with Crippen molar-refractivity contribution in [1.82, 2.24) is 25.3 Å². The fraction of sp³-hybridized carbons (Fsp3) is 0.500. The molecule has 2 amide bonds. The minimum absolute atomic E-state index is 0.107. The minimum atomic E-state index is -1.15. The lowest BCUT2D eigenvalue weighted by Crippen LogP contribution is -2.55. The van der Waals surface area contributed by atoms with Crippen LogP contribution in [0.15, 0.2) is 54.6 Å². The van der Waals surface area contributed by atoms with Crippen molar-refractivity contribution in [3.63, 3.8) is 0 Å². The van der Waals surface area contributed by atoms with E-state index >= 15 is 4.39 Å². The normalized spacial score (nSPS) is 22.8. The van der Waals surface area contributed by atoms with Crippen LogP contribution in [0.5, 0.6) is 11.5 Å². The third-order valence-corrected chi connectivity index (χ3v) is 9.35. The van der Waals surface area contributed by atoms with Crippen LogP contribution >= 0.6 is 0 Å². The Morgan fingerprint density at radius 1 is 1.04 bits per heavy atom. The van der Waals surface area contributed by atoms with Gasteiger partial charge >= 0.3 is 0 Å². The Bertz CT molecular complexity index is 1510. The predicted molar refractivity (Wildman–Crippen MR) is 173 cm³/mol. The third-order valence-electron chi connectivity index (χ3n) is 9.35. The Kier molecular flexibility index (Phi) is 9.94. The van der Waals surface area contributed by atoms with Crippen LogP contribution in [-0.2, 0) is 16.1 Å². The highest BCUT2D eigenvalue weighted by Crippen LogP contribution is 2.31. The molecule has 3 saturated heterocycles. The zero-order valence-electron chi connectivity index (χ0n) is 27.0. The van der Waals surface area contributed by atoms with Crippen molar-refractivity contribution in [1.29, 1.82) is 0 Å². The van der Waals surface area contributed by atoms with E-state index in [0.717, 1.165) is 41.9 Å². The Hall–Kier alpha value is -3.89. The van der Waals surface area contributed by atoms with Crippen LogP contribution in [0.3, 0.4) is 0 Å². The number of nitrogens with zero attached hydrogens (tertiary/aromatic N) is 4. The Labute approximate surface area is 270 Å². The number of ether oxygens (including phenoxy) is 2. The van der Waals surface area contributed by atoms with Crippen LogP contribution in [0.25, 0.3) is 11.3 Å². The fourth-order valence-electron chi connectivity index (χ4n) is 6.60. The predicted octanol–water partition coefficient (Wildman–Crippen LogP) is 5.75. The van der Waals surface area contributed by atoms with Crippen molar-refractivity contribution in [3.05, 3.63) is 71.4 Å². The van der Waals surface area contributed by atoms with Gasteiger partial charge in [-0.2, -0.15) is 10.2 Å². The van der Waals surface area contributed by atoms with Gasteiger partial charge in [0.25, 0.3) is 5.91 Å². The van der Waals surface area contributed by atoms with E-state index in [1.165, 1.54) is 0 Å². The number of nitrogens with one attached hydrogen (secondary N) is 1. The van der Waals surface area contributed by atoms with E-state index in [4.69, 9.17) is 9.47 Å². The fourth-order valence-corrected chi connectivity index (χ4v) is 6.60. The molecule has 1 aromatic heterocycles. The second-order valence-electron chi connectivity index (χ2n) is 13.3. The van der Waals surface area contributed by atoms with Gasteiger partial charge in [0.1, 0.15) is 17.7 Å². The Balaban J connectivity index is 1.17. The monoisotopic (exact) mass is 629 g/mol. The average Bonchev–Trinajstić information content (AvgIpc) is 3.39. The molecule has 3 fully saturated rings. The number of rotatable bonds is 9. The number of carbonyl (C=O) groups is 2. The van der Waals surface area contributed by atoms with Gasteiger partial charge in [-0.15, -0.1) is 0 Å². The van der Waals surface area contributed by atoms with E-state index in [2.05, 4.69) is 41.2 Å². The lowest BCUT2D eigenvalue weighted by molar-refractivity contribution is -0.128. The number of aromatic nitrogens is 2. The van der Waals surface area contributed by atoms with Crippen molar-refractivity contribution < 1.29 is 23.5 Å². The molecule has 0 radical (unpaired) electrons. The molecule has 6 rings (SSSR count). The number of alkyl halides is 1. The molecule has 4 heterocycles. The van der Waals surface area contributed by atoms with Gasteiger partial charge in [0.05, 0.1) is 17.4 Å². The van der Waals surface area contributed by atoms with Gasteiger partial charge in [-0.3, -0.25) is 14.5 Å². The summed E-state index contributed by atoms with van der Waals surface area (Å²) in [5, 5.41) is 11.6. The molecule has 2 aromatic carbocycles. The number of benzene rings is 2. The van der Waals surface area contributed by atoms with Gasteiger partial charge in [-0.1, -0.05) is 26.8 Å². The van der Waals surface area contributed by atoms with Crippen molar-refractivity contribution in [2.24, 2.45) is 5.92 Å². The highest BCUT2D eigenvalue weighted by Gasteiger charge is 2.34. The van der Waals surface area contributed by atoms with E-state index in [9.17, 15) is 9.59 Å². The second kappa shape index (κ2) is 14.3. The molecule has 3 aliphatic rings. The molecule has 46 heavy (non-hydrogen) atoms. The summed E-state index contributed by atoms with van der Waals surface area (Å²) in [6.07, 6.45) is 1.77. The summed E-state index contributed by atoms with van der Waals surface area (Å²) in [5.41, 5.74) is 3.79. The Morgan fingerprint density at radius 2 is 1.83 bits per heavy atom. The molecule has 3 atom stereocenters. The zero-order valence-corrected chi connectivity index (χ0v) is 27.0. The summed E-state index contributed by atoms with van der Waals surface area (Å²) in [4.78, 5) is 30.1. The summed E-state index contributed by atoms with van der Waals surface area (Å²) >= 11 is 0. The van der Waals surface area contributed by atoms with Gasteiger partial charge in [-0.05, 0) is 79.6 Å². The highest BCUT2D eigenvalue weighted by molar-refractivity contribution is 5.95. The highest BCUT2D eigenvalue weighted by atomic mass is 19.1. The lowest BCUT2D eigenvalue weighted by Gasteiger charge is -2.40. The number of amides is 2. The van der Waals surface area contributed by atoms with Crippen molar-refractivity contribution >= 4 is 11.8 Å². The molecule has 244 valence electrons. The third kappa shape index (κ3) is 7.56. The first-order chi connectivity index (χ1) is 22.2. The van der Waals surface area contributed by atoms with Crippen LogP contribution < -0.4 is 10.1 Å². The molecular weight excluding hydrogens is 585 g/mol. The zero-order chi connectivity index (χ0) is 32.2. The minimum Gasteiger partial charge on any atom is -0.457 e. The maximum Gasteiger partial charge on any atom is 0.251 e. The first-order valence-corrected chi connectivity index (χ1v) is 16.5. The van der Waals surface area contributed by atoms with Gasteiger partial charge in [0.2, 0.25) is 5.91 Å². The van der Waals surface area contributed by atoms with Crippen LogP contribution in [0, 0.1) is 5.92 Å². The Morgan fingerprint density at radius 3 is 2.48 bits per heavy atom. The van der Waals surface area contributed by atoms with Crippen molar-refractivity contribution in [3.8, 4) is 22.8 Å². The molecule has 3 aliphatic heterocycles. The first kappa shape index (κ1) is 32.1. The lowest BCUT2D eigenvalue weighted by atomic mass is 9.98. The summed E-state index contributed by atoms with van der Waals surface area (Å²) in [5.74, 6) is 1.43. The topological polar surface area (TPSA) is 96.9 Å².